The van der Waals surface area contributed by atoms with Crippen LogP contribution in [0.1, 0.15) is 50.8 Å². The van der Waals surface area contributed by atoms with Crippen molar-refractivity contribution in [3.8, 4) is 11.5 Å². The van der Waals surface area contributed by atoms with Gasteiger partial charge in [0.1, 0.15) is 11.9 Å². The van der Waals surface area contributed by atoms with Gasteiger partial charge in [0.25, 0.3) is 0 Å². The van der Waals surface area contributed by atoms with Crippen LogP contribution in [0.5, 0.6) is 11.5 Å². The summed E-state index contributed by atoms with van der Waals surface area (Å²) in [6, 6.07) is 20.7. The molecule has 0 heterocycles. The summed E-state index contributed by atoms with van der Waals surface area (Å²) in [4.78, 5) is 29.0. The summed E-state index contributed by atoms with van der Waals surface area (Å²) < 4.78 is 25.1. The molecule has 3 rings (SSSR count). The summed E-state index contributed by atoms with van der Waals surface area (Å²) in [7, 11) is 0. The molecular weight excluding hydrogens is 507 g/mol. The molecule has 0 fully saturated rings. The fourth-order valence-corrected chi connectivity index (χ4v) is 4.41. The molecule has 214 valence electrons. The summed E-state index contributed by atoms with van der Waals surface area (Å²) in [5.74, 6) is 0.874. The third-order valence-corrected chi connectivity index (χ3v) is 6.46. The lowest BCUT2D eigenvalue weighted by atomic mass is 10.0. The predicted octanol–water partition coefficient (Wildman–Crippen LogP) is 5.97. The Hall–Kier alpha value is -3.87. The number of ether oxygens (including phenoxy) is 2. The number of halogens is 1. The van der Waals surface area contributed by atoms with Crippen LogP contribution in [0, 0.1) is 11.7 Å². The molecule has 0 bridgehead atoms. The molecule has 3 aromatic carbocycles. The first-order chi connectivity index (χ1) is 19.3. The molecule has 40 heavy (non-hydrogen) atoms. The number of carbonyl (C=O) groups is 2. The van der Waals surface area contributed by atoms with Gasteiger partial charge in [-0.05, 0) is 67.1 Å². The highest BCUT2D eigenvalue weighted by Gasteiger charge is 2.30. The van der Waals surface area contributed by atoms with Crippen LogP contribution < -0.4 is 14.8 Å². The Morgan fingerprint density at radius 1 is 0.850 bits per heavy atom. The molecule has 7 heteroatoms. The minimum absolute atomic E-state index is 0.156. The van der Waals surface area contributed by atoms with Gasteiger partial charge in [0, 0.05) is 25.9 Å². The molecule has 6 nitrogen and oxygen atoms in total. The highest BCUT2D eigenvalue weighted by atomic mass is 19.1. The van der Waals surface area contributed by atoms with Crippen molar-refractivity contribution >= 4 is 11.8 Å². The molecule has 3 aromatic rings. The smallest absolute Gasteiger partial charge is 0.243 e. The van der Waals surface area contributed by atoms with E-state index >= 15 is 0 Å². The van der Waals surface area contributed by atoms with Crippen LogP contribution in [0.2, 0.25) is 0 Å². The number of benzene rings is 3. The van der Waals surface area contributed by atoms with Crippen molar-refractivity contribution < 1.29 is 23.5 Å². The average molecular weight is 549 g/mol. The van der Waals surface area contributed by atoms with Gasteiger partial charge in [0.15, 0.2) is 11.5 Å². The maximum absolute atomic E-state index is 13.9. The molecule has 1 N–H and O–H groups in total. The number of nitrogens with one attached hydrogen (secondary N) is 1. The zero-order chi connectivity index (χ0) is 28.9. The fourth-order valence-electron chi connectivity index (χ4n) is 4.41. The Morgan fingerprint density at radius 3 is 2.15 bits per heavy atom. The van der Waals surface area contributed by atoms with E-state index in [1.807, 2.05) is 76.2 Å². The van der Waals surface area contributed by atoms with Gasteiger partial charge >= 0.3 is 0 Å². The Kier molecular flexibility index (Phi) is 12.0. The molecule has 0 saturated heterocycles. The van der Waals surface area contributed by atoms with E-state index in [1.165, 1.54) is 12.1 Å². The first kappa shape index (κ1) is 30.7. The minimum Gasteiger partial charge on any atom is -0.490 e. The maximum Gasteiger partial charge on any atom is 0.243 e. The third-order valence-electron chi connectivity index (χ3n) is 6.46. The van der Waals surface area contributed by atoms with Gasteiger partial charge in [-0.25, -0.2) is 4.39 Å². The molecule has 2 amide bonds. The molecule has 0 unspecified atom stereocenters. The summed E-state index contributed by atoms with van der Waals surface area (Å²) in [5, 5.41) is 3.02. The van der Waals surface area contributed by atoms with Crippen LogP contribution in [0.15, 0.2) is 72.8 Å². The van der Waals surface area contributed by atoms with Crippen LogP contribution in [-0.2, 0) is 29.0 Å². The summed E-state index contributed by atoms with van der Waals surface area (Å²) in [6.07, 6.45) is 1.04. The van der Waals surface area contributed by atoms with Crippen LogP contribution in [0.4, 0.5) is 4.39 Å². The molecule has 0 radical (unpaired) electrons. The van der Waals surface area contributed by atoms with Crippen molar-refractivity contribution in [1.82, 2.24) is 10.2 Å². The molecule has 0 aliphatic rings. The highest BCUT2D eigenvalue weighted by Crippen LogP contribution is 2.29. The molecule has 0 spiro atoms. The average Bonchev–Trinajstić information content (AvgIpc) is 2.95. The molecule has 1 atom stereocenters. The van der Waals surface area contributed by atoms with Gasteiger partial charge in [0.05, 0.1) is 13.2 Å². The number of amides is 2. The van der Waals surface area contributed by atoms with E-state index in [1.54, 1.807) is 17.0 Å². The normalized spacial score (nSPS) is 11.7. The second-order valence-corrected chi connectivity index (χ2v) is 10.1. The first-order valence-electron chi connectivity index (χ1n) is 14.0. The van der Waals surface area contributed by atoms with Crippen LogP contribution >= 0.6 is 0 Å². The predicted molar refractivity (Wildman–Crippen MR) is 156 cm³/mol. The lowest BCUT2D eigenvalue weighted by molar-refractivity contribution is -0.141. The number of carbonyl (C=O) groups excluding carboxylic acids is 2. The second kappa shape index (κ2) is 15.7. The number of nitrogens with zero attached hydrogens (tertiary/aromatic N) is 1. The number of rotatable bonds is 15. The second-order valence-electron chi connectivity index (χ2n) is 10.1. The van der Waals surface area contributed by atoms with Crippen molar-refractivity contribution in [1.29, 1.82) is 0 Å². The van der Waals surface area contributed by atoms with E-state index in [2.05, 4.69) is 5.32 Å². The largest absolute Gasteiger partial charge is 0.490 e. The van der Waals surface area contributed by atoms with Crippen molar-refractivity contribution in [3.05, 3.63) is 95.3 Å². The van der Waals surface area contributed by atoms with Crippen molar-refractivity contribution in [2.45, 2.75) is 59.5 Å². The monoisotopic (exact) mass is 548 g/mol. The Morgan fingerprint density at radius 2 is 1.50 bits per heavy atom. The van der Waals surface area contributed by atoms with Crippen LogP contribution in [0.25, 0.3) is 0 Å². The zero-order valence-corrected chi connectivity index (χ0v) is 24.0. The number of hydrogen-bond acceptors (Lipinski definition) is 4. The van der Waals surface area contributed by atoms with Gasteiger partial charge in [-0.15, -0.1) is 0 Å². The maximum atomic E-state index is 13.9. The van der Waals surface area contributed by atoms with E-state index in [0.29, 0.717) is 44.1 Å². The third kappa shape index (κ3) is 9.40. The topological polar surface area (TPSA) is 67.9 Å². The lowest BCUT2D eigenvalue weighted by Gasteiger charge is -2.32. The molecular formula is C33H41FN2O4. The van der Waals surface area contributed by atoms with Gasteiger partial charge < -0.3 is 19.7 Å². The van der Waals surface area contributed by atoms with E-state index in [-0.39, 0.29) is 36.5 Å². The highest BCUT2D eigenvalue weighted by molar-refractivity contribution is 5.88. The van der Waals surface area contributed by atoms with Crippen molar-refractivity contribution in [3.63, 3.8) is 0 Å². The van der Waals surface area contributed by atoms with Crippen LogP contribution in [-0.4, -0.2) is 42.5 Å². The standard InChI is InChI=1S/C33H41FN2O4/c1-5-39-30-18-14-26(21-31(30)40-6-2)15-19-32(37)36(23-27-12-16-28(34)17-13-27)29(33(38)35-22-24(3)4)20-25-10-8-7-9-11-25/h7-14,16-18,21,24,29H,5-6,15,19-20,22-23H2,1-4H3,(H,35,38)/t29-/m0/s1. The molecule has 0 aliphatic carbocycles. The van der Waals surface area contributed by atoms with E-state index in [0.717, 1.165) is 16.7 Å². The van der Waals surface area contributed by atoms with Gasteiger partial charge in [0.2, 0.25) is 11.8 Å². The van der Waals surface area contributed by atoms with Crippen molar-refractivity contribution in [2.75, 3.05) is 19.8 Å². The Bertz CT molecular complexity index is 1210. The Labute approximate surface area is 237 Å². The minimum atomic E-state index is -0.724. The van der Waals surface area contributed by atoms with E-state index in [4.69, 9.17) is 9.47 Å². The SMILES string of the molecule is CCOc1ccc(CCC(=O)N(Cc2ccc(F)cc2)[C@@H](Cc2ccccc2)C(=O)NCC(C)C)cc1OCC. The summed E-state index contributed by atoms with van der Waals surface area (Å²) >= 11 is 0. The van der Waals surface area contributed by atoms with Crippen LogP contribution in [0.3, 0.4) is 0 Å². The molecule has 0 saturated carbocycles. The molecule has 0 aliphatic heterocycles. The Balaban J connectivity index is 1.89. The fraction of sp³-hybridized carbons (Fsp3) is 0.394. The van der Waals surface area contributed by atoms with E-state index < -0.39 is 6.04 Å². The zero-order valence-electron chi connectivity index (χ0n) is 24.0. The van der Waals surface area contributed by atoms with Gasteiger partial charge in [-0.3, -0.25) is 9.59 Å². The van der Waals surface area contributed by atoms with E-state index in [9.17, 15) is 14.0 Å². The summed E-state index contributed by atoms with van der Waals surface area (Å²) in [6.45, 7) is 9.62. The number of hydrogen-bond donors (Lipinski definition) is 1. The first-order valence-corrected chi connectivity index (χ1v) is 14.0. The lowest BCUT2D eigenvalue weighted by Crippen LogP contribution is -2.51. The number of aryl methyl sites for hydroxylation is 1. The van der Waals surface area contributed by atoms with Crippen molar-refractivity contribution in [2.24, 2.45) is 5.92 Å². The molecule has 0 aromatic heterocycles. The van der Waals surface area contributed by atoms with Gasteiger partial charge in [-0.2, -0.15) is 0 Å². The summed E-state index contributed by atoms with van der Waals surface area (Å²) in [5.41, 5.74) is 2.65. The van der Waals surface area contributed by atoms with Gasteiger partial charge in [-0.1, -0.05) is 62.4 Å². The quantitative estimate of drug-likeness (QED) is 0.254.